The number of hydrogen-bond donors (Lipinski definition) is 1. The number of methoxy groups -OCH3 is 4. The highest BCUT2D eigenvalue weighted by Gasteiger charge is 2.47. The van der Waals surface area contributed by atoms with Gasteiger partial charge < -0.3 is 29.0 Å². The molecular formula is C29H30N2O7. The number of aliphatic hydroxyl groups excluding tert-OH is 1. The summed E-state index contributed by atoms with van der Waals surface area (Å²) in [6, 6.07) is 16.3. The van der Waals surface area contributed by atoms with Crippen LogP contribution in [0, 0.1) is 0 Å². The average molecular weight is 519 g/mol. The molecule has 3 aromatic carbocycles. The molecule has 1 fully saturated rings. The maximum Gasteiger partial charge on any atom is 0.300 e. The minimum Gasteiger partial charge on any atom is -0.507 e. The molecule has 198 valence electrons. The van der Waals surface area contributed by atoms with Gasteiger partial charge in [-0.05, 0) is 48.0 Å². The van der Waals surface area contributed by atoms with E-state index >= 15 is 0 Å². The lowest BCUT2D eigenvalue weighted by Gasteiger charge is -2.26. The first-order valence-corrected chi connectivity index (χ1v) is 11.8. The van der Waals surface area contributed by atoms with Crippen molar-refractivity contribution >= 4 is 28.8 Å². The van der Waals surface area contributed by atoms with Gasteiger partial charge >= 0.3 is 0 Å². The van der Waals surface area contributed by atoms with Crippen molar-refractivity contribution in [1.29, 1.82) is 0 Å². The van der Waals surface area contributed by atoms with Crippen molar-refractivity contribution in [3.8, 4) is 23.0 Å². The number of nitrogens with zero attached hydrogens (tertiary/aromatic N) is 2. The summed E-state index contributed by atoms with van der Waals surface area (Å²) in [5.74, 6) is -0.203. The molecule has 1 aliphatic heterocycles. The Kier molecular flexibility index (Phi) is 7.47. The molecule has 1 N–H and O–H groups in total. The van der Waals surface area contributed by atoms with Crippen molar-refractivity contribution in [2.45, 2.75) is 6.04 Å². The predicted molar refractivity (Wildman–Crippen MR) is 145 cm³/mol. The van der Waals surface area contributed by atoms with Crippen LogP contribution in [0.25, 0.3) is 5.76 Å². The molecule has 38 heavy (non-hydrogen) atoms. The van der Waals surface area contributed by atoms with Crippen molar-refractivity contribution in [3.63, 3.8) is 0 Å². The second-order valence-corrected chi connectivity index (χ2v) is 8.76. The highest BCUT2D eigenvalue weighted by molar-refractivity contribution is 6.51. The van der Waals surface area contributed by atoms with E-state index in [2.05, 4.69) is 0 Å². The lowest BCUT2D eigenvalue weighted by atomic mass is 9.94. The van der Waals surface area contributed by atoms with Crippen LogP contribution in [0.5, 0.6) is 23.0 Å². The van der Waals surface area contributed by atoms with E-state index in [1.54, 1.807) is 36.4 Å². The maximum absolute atomic E-state index is 13.5. The fourth-order valence-corrected chi connectivity index (χ4v) is 4.48. The molecule has 1 saturated heterocycles. The van der Waals surface area contributed by atoms with E-state index in [1.807, 2.05) is 43.3 Å². The summed E-state index contributed by atoms with van der Waals surface area (Å²) < 4.78 is 21.4. The summed E-state index contributed by atoms with van der Waals surface area (Å²) in [5, 5.41) is 11.4. The van der Waals surface area contributed by atoms with E-state index in [1.165, 1.54) is 33.3 Å². The summed E-state index contributed by atoms with van der Waals surface area (Å²) in [6.45, 7) is 0. The van der Waals surface area contributed by atoms with E-state index in [4.69, 9.17) is 18.9 Å². The molecule has 0 spiro atoms. The molecule has 4 rings (SSSR count). The minimum atomic E-state index is -0.905. The first-order chi connectivity index (χ1) is 18.2. The number of ether oxygens (including phenoxy) is 4. The number of benzene rings is 3. The summed E-state index contributed by atoms with van der Waals surface area (Å²) in [4.78, 5) is 30.3. The van der Waals surface area contributed by atoms with Crippen molar-refractivity contribution in [3.05, 3.63) is 77.4 Å². The number of hydrogen-bond acceptors (Lipinski definition) is 8. The van der Waals surface area contributed by atoms with Crippen LogP contribution in [0.1, 0.15) is 17.2 Å². The topological polar surface area (TPSA) is 97.8 Å². The highest BCUT2D eigenvalue weighted by Crippen LogP contribution is 2.45. The largest absolute Gasteiger partial charge is 0.507 e. The summed E-state index contributed by atoms with van der Waals surface area (Å²) in [6.07, 6.45) is 0. The van der Waals surface area contributed by atoms with Gasteiger partial charge in [0.25, 0.3) is 11.7 Å². The normalized spacial score (nSPS) is 16.4. The van der Waals surface area contributed by atoms with Gasteiger partial charge in [0, 0.05) is 37.1 Å². The van der Waals surface area contributed by atoms with Gasteiger partial charge in [0.2, 0.25) is 0 Å². The molecule has 0 bridgehead atoms. The zero-order chi connectivity index (χ0) is 27.6. The standard InChI is InChI=1S/C29H30N2O7/c1-30(2)19-10-7-17(8-11-19)26-25(27(32)18-9-13-21(35-3)23(15-18)37-5)28(33)29(34)31(26)20-12-14-22(36-4)24(16-20)38-6/h7-16,26,32H,1-6H3/b27-25+. The molecule has 1 aliphatic rings. The first-order valence-electron chi connectivity index (χ1n) is 11.8. The van der Waals surface area contributed by atoms with Gasteiger partial charge in [0.1, 0.15) is 5.76 Å². The zero-order valence-corrected chi connectivity index (χ0v) is 22.1. The molecule has 0 aromatic heterocycles. The quantitative estimate of drug-likeness (QED) is 0.266. The Morgan fingerprint density at radius 1 is 0.763 bits per heavy atom. The van der Waals surface area contributed by atoms with Gasteiger partial charge in [-0.3, -0.25) is 14.5 Å². The molecule has 3 aromatic rings. The smallest absolute Gasteiger partial charge is 0.300 e. The second-order valence-electron chi connectivity index (χ2n) is 8.76. The molecule has 9 heteroatoms. The van der Waals surface area contributed by atoms with Crippen LogP contribution in [0.2, 0.25) is 0 Å². The molecule has 1 heterocycles. The molecule has 0 radical (unpaired) electrons. The number of aliphatic hydroxyl groups is 1. The summed E-state index contributed by atoms with van der Waals surface area (Å²) in [7, 11) is 9.82. The fourth-order valence-electron chi connectivity index (χ4n) is 4.48. The third kappa shape index (κ3) is 4.58. The SMILES string of the molecule is COc1ccc(/C(O)=C2\C(=O)C(=O)N(c3ccc(OC)c(OC)c3)C2c2ccc(N(C)C)cc2)cc1OC. The minimum absolute atomic E-state index is 0.0467. The van der Waals surface area contributed by atoms with Crippen LogP contribution in [0.4, 0.5) is 11.4 Å². The van der Waals surface area contributed by atoms with Crippen LogP contribution in [-0.4, -0.2) is 59.3 Å². The van der Waals surface area contributed by atoms with Crippen molar-refractivity contribution in [2.24, 2.45) is 0 Å². The van der Waals surface area contributed by atoms with Gasteiger partial charge in [-0.2, -0.15) is 0 Å². The molecule has 0 saturated carbocycles. The van der Waals surface area contributed by atoms with Crippen LogP contribution < -0.4 is 28.7 Å². The third-order valence-corrected chi connectivity index (χ3v) is 6.47. The molecule has 1 atom stereocenters. The summed E-state index contributed by atoms with van der Waals surface area (Å²) >= 11 is 0. The number of carbonyl (C=O) groups is 2. The predicted octanol–water partition coefficient (Wildman–Crippen LogP) is 4.41. The van der Waals surface area contributed by atoms with Gasteiger partial charge in [-0.25, -0.2) is 0 Å². The Hall–Kier alpha value is -4.66. The molecule has 0 aliphatic carbocycles. The maximum atomic E-state index is 13.5. The summed E-state index contributed by atoms with van der Waals surface area (Å²) in [5.41, 5.74) is 2.26. The van der Waals surface area contributed by atoms with E-state index < -0.39 is 17.7 Å². The fraction of sp³-hybridized carbons (Fsp3) is 0.241. The van der Waals surface area contributed by atoms with Crippen LogP contribution in [-0.2, 0) is 9.59 Å². The van der Waals surface area contributed by atoms with Crippen LogP contribution in [0.15, 0.2) is 66.2 Å². The Labute approximate surface area is 221 Å². The van der Waals surface area contributed by atoms with E-state index in [9.17, 15) is 14.7 Å². The van der Waals surface area contributed by atoms with E-state index in [0.717, 1.165) is 5.69 Å². The Bertz CT molecular complexity index is 1400. The zero-order valence-electron chi connectivity index (χ0n) is 22.1. The van der Waals surface area contributed by atoms with Gasteiger partial charge in [-0.1, -0.05) is 12.1 Å². The van der Waals surface area contributed by atoms with Crippen molar-refractivity contribution in [2.75, 3.05) is 52.3 Å². The number of Topliss-reactive ketones (excluding diaryl/α,β-unsaturated/α-hetero) is 1. The number of anilines is 2. The highest BCUT2D eigenvalue weighted by atomic mass is 16.5. The van der Waals surface area contributed by atoms with Crippen molar-refractivity contribution < 1.29 is 33.6 Å². The number of rotatable bonds is 8. The lowest BCUT2D eigenvalue weighted by Crippen LogP contribution is -2.29. The van der Waals surface area contributed by atoms with Crippen LogP contribution in [0.3, 0.4) is 0 Å². The molecule has 1 amide bonds. The van der Waals surface area contributed by atoms with E-state index in [0.29, 0.717) is 39.8 Å². The van der Waals surface area contributed by atoms with Crippen LogP contribution >= 0.6 is 0 Å². The van der Waals surface area contributed by atoms with Gasteiger partial charge in [-0.15, -0.1) is 0 Å². The average Bonchev–Trinajstić information content (AvgIpc) is 3.21. The van der Waals surface area contributed by atoms with Gasteiger partial charge in [0.15, 0.2) is 23.0 Å². The molecule has 1 unspecified atom stereocenters. The number of carbonyl (C=O) groups excluding carboxylic acids is 2. The third-order valence-electron chi connectivity index (χ3n) is 6.47. The lowest BCUT2D eigenvalue weighted by molar-refractivity contribution is -0.132. The van der Waals surface area contributed by atoms with E-state index in [-0.39, 0.29) is 11.3 Å². The number of ketones is 1. The molecular weight excluding hydrogens is 488 g/mol. The Morgan fingerprint density at radius 2 is 1.32 bits per heavy atom. The number of amides is 1. The molecule has 9 nitrogen and oxygen atoms in total. The van der Waals surface area contributed by atoms with Gasteiger partial charge in [0.05, 0.1) is 40.1 Å². The first kappa shape index (κ1) is 26.4. The second kappa shape index (κ2) is 10.8. The van der Waals surface area contributed by atoms with Crippen molar-refractivity contribution in [1.82, 2.24) is 0 Å². The monoisotopic (exact) mass is 518 g/mol. The Balaban J connectivity index is 1.94. The Morgan fingerprint density at radius 3 is 1.87 bits per heavy atom.